The molecule has 0 spiro atoms. The summed E-state index contributed by atoms with van der Waals surface area (Å²) in [5.41, 5.74) is 1.39. The number of nitrogens with zero attached hydrogens (tertiary/aromatic N) is 1. The number of likely N-dealkylation sites (N-methyl/N-ethyl adjacent to an activating group) is 1. The predicted octanol–water partition coefficient (Wildman–Crippen LogP) is -1.52. The van der Waals surface area contributed by atoms with Crippen LogP contribution in [0.15, 0.2) is 30.3 Å². The lowest BCUT2D eigenvalue weighted by atomic mass is 10.2. The molecule has 2 N–H and O–H groups in total. The highest BCUT2D eigenvalue weighted by atomic mass is 35.5. The van der Waals surface area contributed by atoms with Crippen molar-refractivity contribution >= 4 is 0 Å². The first kappa shape index (κ1) is 18.7. The van der Waals surface area contributed by atoms with Crippen LogP contribution in [0.5, 0.6) is 0 Å². The summed E-state index contributed by atoms with van der Waals surface area (Å²) in [6.07, 6.45) is 0. The van der Waals surface area contributed by atoms with E-state index in [4.69, 9.17) is 4.74 Å². The molecule has 3 nitrogen and oxygen atoms in total. The van der Waals surface area contributed by atoms with Crippen molar-refractivity contribution in [2.75, 3.05) is 33.9 Å². The maximum Gasteiger partial charge on any atom is 0.104 e. The van der Waals surface area contributed by atoms with E-state index in [2.05, 4.69) is 44.4 Å². The lowest BCUT2D eigenvalue weighted by Gasteiger charge is -2.29. The van der Waals surface area contributed by atoms with Crippen molar-refractivity contribution in [3.63, 3.8) is 0 Å². The van der Waals surface area contributed by atoms with E-state index in [1.54, 1.807) is 0 Å². The van der Waals surface area contributed by atoms with Crippen LogP contribution >= 0.6 is 0 Å². The molecule has 0 aliphatic heterocycles. The van der Waals surface area contributed by atoms with Crippen LogP contribution in [-0.4, -0.2) is 43.8 Å². The Kier molecular flexibility index (Phi) is 10.4. The summed E-state index contributed by atoms with van der Waals surface area (Å²) in [6, 6.07) is 10.6. The molecule has 0 heterocycles. The lowest BCUT2D eigenvalue weighted by molar-refractivity contribution is -0.904. The molecule has 0 aliphatic rings. The van der Waals surface area contributed by atoms with Gasteiger partial charge in [0, 0.05) is 12.2 Å². The Balaban J connectivity index is 0. The minimum absolute atomic E-state index is 0. The van der Waals surface area contributed by atoms with E-state index >= 15 is 0 Å². The summed E-state index contributed by atoms with van der Waals surface area (Å²) in [5.74, 6) is 0. The smallest absolute Gasteiger partial charge is 0.104 e. The monoisotopic (exact) mass is 261 g/mol. The van der Waals surface area contributed by atoms with Crippen molar-refractivity contribution in [1.82, 2.24) is 0 Å². The average Bonchev–Trinajstić information content (AvgIpc) is 2.18. The third-order valence-electron chi connectivity index (χ3n) is 2.50. The van der Waals surface area contributed by atoms with E-state index < -0.39 is 0 Å². The van der Waals surface area contributed by atoms with Gasteiger partial charge in [0.15, 0.2) is 0 Å². The summed E-state index contributed by atoms with van der Waals surface area (Å²) in [4.78, 5) is 0. The Labute approximate surface area is 111 Å². The quantitative estimate of drug-likeness (QED) is 0.453. The number of benzene rings is 1. The largest absolute Gasteiger partial charge is 1.00 e. The molecule has 1 rings (SSSR count). The zero-order chi connectivity index (χ0) is 11.1. The highest BCUT2D eigenvalue weighted by molar-refractivity contribution is 5.13. The minimum atomic E-state index is 0. The summed E-state index contributed by atoms with van der Waals surface area (Å²) in [5, 5.41) is 0. The van der Waals surface area contributed by atoms with Crippen LogP contribution in [0.3, 0.4) is 0 Å². The fourth-order valence-electron chi connectivity index (χ4n) is 1.61. The number of hydrogen-bond acceptors (Lipinski definition) is 1. The van der Waals surface area contributed by atoms with E-state index in [0.29, 0.717) is 0 Å². The maximum atomic E-state index is 5.39. The van der Waals surface area contributed by atoms with Crippen LogP contribution in [-0.2, 0) is 11.3 Å². The van der Waals surface area contributed by atoms with Crippen LogP contribution in [0.25, 0.3) is 0 Å². The number of ether oxygens (including phenoxy) is 1. The van der Waals surface area contributed by atoms with Crippen molar-refractivity contribution in [3.8, 4) is 0 Å². The summed E-state index contributed by atoms with van der Waals surface area (Å²) >= 11 is 0. The van der Waals surface area contributed by atoms with Gasteiger partial charge in [-0.25, -0.2) is 0 Å². The Hall–Kier alpha value is -0.610. The number of halogens is 1. The van der Waals surface area contributed by atoms with Gasteiger partial charge < -0.3 is 27.1 Å². The first-order valence-electron chi connectivity index (χ1n) is 5.58. The lowest BCUT2D eigenvalue weighted by Crippen LogP contribution is -3.00. The minimum Gasteiger partial charge on any atom is -1.00 e. The van der Waals surface area contributed by atoms with Crippen molar-refractivity contribution < 1.29 is 27.1 Å². The van der Waals surface area contributed by atoms with Crippen molar-refractivity contribution in [2.24, 2.45) is 0 Å². The summed E-state index contributed by atoms with van der Waals surface area (Å²) < 4.78 is 6.37. The van der Waals surface area contributed by atoms with Crippen LogP contribution < -0.4 is 12.4 Å². The van der Waals surface area contributed by atoms with Crippen molar-refractivity contribution in [3.05, 3.63) is 35.9 Å². The molecule has 17 heavy (non-hydrogen) atoms. The molecule has 1 aromatic carbocycles. The number of hydrogen-bond donors (Lipinski definition) is 0. The average molecular weight is 262 g/mol. The molecule has 1 aromatic rings. The van der Waals surface area contributed by atoms with Crippen molar-refractivity contribution in [1.29, 1.82) is 0 Å². The SMILES string of the molecule is CCOCC[N+](C)(C)Cc1ccccc1.O.[Cl-]. The molecule has 4 heteroatoms. The zero-order valence-electron chi connectivity index (χ0n) is 10.9. The second kappa shape index (κ2) is 9.42. The Morgan fingerprint density at radius 1 is 1.12 bits per heavy atom. The van der Waals surface area contributed by atoms with Gasteiger partial charge in [-0.05, 0) is 6.92 Å². The number of quaternary nitrogens is 1. The molecule has 0 radical (unpaired) electrons. The van der Waals surface area contributed by atoms with Gasteiger partial charge in [0.05, 0.1) is 20.7 Å². The van der Waals surface area contributed by atoms with Gasteiger partial charge in [0.1, 0.15) is 13.1 Å². The fourth-order valence-corrected chi connectivity index (χ4v) is 1.61. The molecule has 0 atom stereocenters. The zero-order valence-corrected chi connectivity index (χ0v) is 11.7. The van der Waals surface area contributed by atoms with Crippen molar-refractivity contribution in [2.45, 2.75) is 13.5 Å². The third kappa shape index (κ3) is 8.16. The number of rotatable bonds is 6. The second-order valence-electron chi connectivity index (χ2n) is 4.50. The first-order chi connectivity index (χ1) is 7.14. The second-order valence-corrected chi connectivity index (χ2v) is 4.50. The summed E-state index contributed by atoms with van der Waals surface area (Å²) in [6.45, 7) is 5.81. The van der Waals surface area contributed by atoms with E-state index in [0.717, 1.165) is 30.8 Å². The third-order valence-corrected chi connectivity index (χ3v) is 2.50. The van der Waals surface area contributed by atoms with Gasteiger partial charge in [-0.1, -0.05) is 30.3 Å². The molecule has 0 saturated carbocycles. The maximum absolute atomic E-state index is 5.39. The normalized spacial score (nSPS) is 10.3. The highest BCUT2D eigenvalue weighted by Gasteiger charge is 2.14. The standard InChI is InChI=1S/C13H22NO.ClH.H2O/c1-4-15-11-10-14(2,3)12-13-8-6-5-7-9-13;;/h5-9H,4,10-12H2,1-3H3;1H;1H2/q+1;;/p-1. The molecule has 0 bridgehead atoms. The van der Waals surface area contributed by atoms with Crippen LogP contribution in [0.4, 0.5) is 0 Å². The molecule has 0 amide bonds. The highest BCUT2D eigenvalue weighted by Crippen LogP contribution is 2.08. The van der Waals surface area contributed by atoms with Gasteiger partial charge in [-0.15, -0.1) is 0 Å². The Morgan fingerprint density at radius 3 is 2.24 bits per heavy atom. The van der Waals surface area contributed by atoms with E-state index in [-0.39, 0.29) is 17.9 Å². The molecular formula is C13H24ClNO2. The Morgan fingerprint density at radius 2 is 1.71 bits per heavy atom. The molecule has 0 unspecified atom stereocenters. The molecule has 0 fully saturated rings. The topological polar surface area (TPSA) is 40.7 Å². The van der Waals surface area contributed by atoms with E-state index in [1.165, 1.54) is 5.56 Å². The van der Waals surface area contributed by atoms with Crippen LogP contribution in [0.2, 0.25) is 0 Å². The fraction of sp³-hybridized carbons (Fsp3) is 0.538. The molecule has 0 aliphatic carbocycles. The van der Waals surface area contributed by atoms with Crippen LogP contribution in [0.1, 0.15) is 12.5 Å². The van der Waals surface area contributed by atoms with Gasteiger partial charge in [-0.2, -0.15) is 0 Å². The molecule has 0 saturated heterocycles. The Bertz CT molecular complexity index is 278. The van der Waals surface area contributed by atoms with Gasteiger partial charge in [0.25, 0.3) is 0 Å². The first-order valence-corrected chi connectivity index (χ1v) is 5.58. The molecule has 0 aromatic heterocycles. The van der Waals surface area contributed by atoms with Gasteiger partial charge >= 0.3 is 0 Å². The van der Waals surface area contributed by atoms with Crippen LogP contribution in [0, 0.1) is 0 Å². The van der Waals surface area contributed by atoms with Gasteiger partial charge in [0.2, 0.25) is 0 Å². The molecular weight excluding hydrogens is 238 g/mol. The van der Waals surface area contributed by atoms with E-state index in [9.17, 15) is 0 Å². The van der Waals surface area contributed by atoms with Gasteiger partial charge in [-0.3, -0.25) is 0 Å². The van der Waals surface area contributed by atoms with E-state index in [1.807, 2.05) is 6.92 Å². The predicted molar refractivity (Wildman–Crippen MR) is 67.2 cm³/mol. The molecule has 100 valence electrons. The summed E-state index contributed by atoms with van der Waals surface area (Å²) in [7, 11) is 4.48.